The minimum Gasteiger partial charge on any atom is -0.452 e. The summed E-state index contributed by atoms with van der Waals surface area (Å²) in [4.78, 5) is 18.3. The molecule has 0 bridgehead atoms. The van der Waals surface area contributed by atoms with Crippen LogP contribution in [0, 0.1) is 0 Å². The van der Waals surface area contributed by atoms with Crippen molar-refractivity contribution in [1.29, 1.82) is 0 Å². The molecule has 8 nitrogen and oxygen atoms in total. The Labute approximate surface area is 683 Å². The first kappa shape index (κ1) is 63.3. The highest BCUT2D eigenvalue weighted by molar-refractivity contribution is 7.07. The number of anilines is 21. The number of hydrogen-bond donors (Lipinski definition) is 0. The van der Waals surface area contributed by atoms with Crippen molar-refractivity contribution in [2.45, 2.75) is 0 Å². The molecule has 0 saturated carbocycles. The van der Waals surface area contributed by atoms with Gasteiger partial charge in [-0.3, -0.25) is 0 Å². The van der Waals surface area contributed by atoms with Crippen molar-refractivity contribution in [2.75, 3.05) is 34.3 Å². The number of rotatable bonds is 6. The molecule has 0 radical (unpaired) electrons. The lowest BCUT2D eigenvalue weighted by molar-refractivity contribution is 0.489. The van der Waals surface area contributed by atoms with Gasteiger partial charge in [-0.05, 0) is 225 Å². The molecule has 12 heteroatoms. The largest absolute Gasteiger partial charge is 0.452 e. The van der Waals surface area contributed by atoms with Crippen LogP contribution in [0.2, 0.25) is 0 Å². The van der Waals surface area contributed by atoms with E-state index in [2.05, 4.69) is 416 Å². The highest BCUT2D eigenvalue weighted by Crippen LogP contribution is 2.60. The SMILES string of the molecule is c1ccc(N2c3cc4c(cc3B3c5cc6ccccc6cc5N(c5ccccc5)c5cccc2c53)B2c3cc5ccccc5c5c3N3c6c2c(cc2c6B(c6cc7c(cc6N2c2ccccc2)N(c2ccccc2)c2cccc6c2B7c2cc7ccccc7cc2N6c2ccccc2)c2cc6ccccc6c(c23)O5)N4c2ccccc2)cc1. The molecule has 0 fully saturated rings. The molecule has 9 aliphatic heterocycles. The Balaban J connectivity index is 0.777. The number of nitrogens with zero attached hydrogens (tertiary/aromatic N) is 7. The fourth-order valence-corrected chi connectivity index (χ4v) is 22.6. The van der Waals surface area contributed by atoms with Gasteiger partial charge in [0.1, 0.15) is 0 Å². The highest BCUT2D eigenvalue weighted by atomic mass is 16.5. The molecule has 540 valence electrons. The minimum absolute atomic E-state index is 0.181. The van der Waals surface area contributed by atoms with E-state index in [1.165, 1.54) is 116 Å². The van der Waals surface area contributed by atoms with Crippen LogP contribution >= 0.6 is 0 Å². The second-order valence-electron chi connectivity index (χ2n) is 32.9. The third-order valence-electron chi connectivity index (χ3n) is 27.1. The molecule has 0 N–H and O–H groups in total. The number of hydrogen-bond acceptors (Lipinski definition) is 8. The van der Waals surface area contributed by atoms with E-state index >= 15 is 0 Å². The maximum atomic E-state index is 8.17. The van der Waals surface area contributed by atoms with Crippen LogP contribution in [0.1, 0.15) is 0 Å². The molecule has 0 amide bonds. The number of benzene rings is 19. The maximum Gasteiger partial charge on any atom is 0.252 e. The lowest BCUT2D eigenvalue weighted by Crippen LogP contribution is -2.70. The third kappa shape index (κ3) is 8.27. The zero-order valence-electron chi connectivity index (χ0n) is 63.7. The Morgan fingerprint density at radius 1 is 0.161 bits per heavy atom. The molecule has 0 spiro atoms. The molecule has 0 saturated heterocycles. The van der Waals surface area contributed by atoms with Gasteiger partial charge in [0.15, 0.2) is 11.5 Å². The summed E-state index contributed by atoms with van der Waals surface area (Å²) in [5, 5.41) is 9.28. The van der Waals surface area contributed by atoms with Gasteiger partial charge in [0, 0.05) is 119 Å². The molecule has 19 aromatic carbocycles. The fourth-order valence-electron chi connectivity index (χ4n) is 22.6. The Hall–Kier alpha value is -15.1. The molecule has 0 aliphatic carbocycles. The summed E-state index contributed by atoms with van der Waals surface area (Å²) in [5.74, 6) is 1.76. The van der Waals surface area contributed by atoms with E-state index in [9.17, 15) is 0 Å². The van der Waals surface area contributed by atoms with E-state index in [1.807, 2.05) is 0 Å². The van der Waals surface area contributed by atoms with Crippen molar-refractivity contribution in [2.24, 2.45) is 0 Å². The van der Waals surface area contributed by atoms with E-state index in [0.717, 1.165) is 124 Å². The van der Waals surface area contributed by atoms with Gasteiger partial charge in [-0.2, -0.15) is 0 Å². The predicted molar refractivity (Wildman–Crippen MR) is 498 cm³/mol. The lowest BCUT2D eigenvalue weighted by atomic mass is 9.27. The van der Waals surface area contributed by atoms with E-state index in [1.54, 1.807) is 0 Å². The predicted octanol–water partition coefficient (Wildman–Crippen LogP) is 19.3. The van der Waals surface area contributed by atoms with Crippen LogP contribution in [-0.2, 0) is 0 Å². The Kier molecular flexibility index (Phi) is 12.5. The zero-order valence-corrected chi connectivity index (χ0v) is 63.7. The van der Waals surface area contributed by atoms with Crippen molar-refractivity contribution < 1.29 is 4.74 Å². The van der Waals surface area contributed by atoms with Crippen molar-refractivity contribution in [3.63, 3.8) is 0 Å². The zero-order chi connectivity index (χ0) is 76.4. The lowest BCUT2D eigenvalue weighted by Gasteiger charge is -2.53. The van der Waals surface area contributed by atoms with Gasteiger partial charge in [-0.15, -0.1) is 0 Å². The normalized spacial score (nSPS) is 14.3. The molecule has 9 aliphatic rings. The first-order chi connectivity index (χ1) is 58.6. The number of fused-ring (bicyclic) bond motifs is 20. The number of para-hydroxylation sites is 6. The topological polar surface area (TPSA) is 31.9 Å². The van der Waals surface area contributed by atoms with Gasteiger partial charge < -0.3 is 39.0 Å². The molecule has 28 rings (SSSR count). The van der Waals surface area contributed by atoms with Crippen LogP contribution in [-0.4, -0.2) is 26.9 Å². The molecule has 9 heterocycles. The van der Waals surface area contributed by atoms with E-state index in [-0.39, 0.29) is 26.9 Å². The van der Waals surface area contributed by atoms with Gasteiger partial charge in [-0.25, -0.2) is 0 Å². The van der Waals surface area contributed by atoms with Crippen LogP contribution < -0.4 is 105 Å². The van der Waals surface area contributed by atoms with Crippen LogP contribution in [0.3, 0.4) is 0 Å². The Bertz CT molecular complexity index is 7240. The van der Waals surface area contributed by atoms with E-state index in [0.29, 0.717) is 0 Å². The summed E-state index contributed by atoms with van der Waals surface area (Å²) in [6.45, 7) is -0.990. The standard InChI is InChI=1S/C106H63B4N7O/c1-7-35-70(36-8-1)111-86-49-27-51-88-98(86)107(78-53-64-29-19-21-31-66(64)57-90(78)111)80-59-82-94(61-92(80)113(88)72-39-11-3-12-40-72)115(74-43-15-5-16-44-74)96-63-97-101-104-100(96)109(82)84-55-68-33-23-25-47-76(68)105-102(84)117(104)103-85(56-69-34-24-26-48-77(69)106(103)118-105)110(101)83-60-81-93(62-95(83)116(97)75-45-17-6-18-46-75)114(73-41-13-4-14-42-73)89-52-28-50-87-99(89)108(81)79-54-65-30-20-22-32-67(65)58-91(79)112(87)71-37-9-2-10-38-71/h1-63H. The quantitative estimate of drug-likeness (QED) is 0.152. The molecule has 118 heavy (non-hydrogen) atoms. The summed E-state index contributed by atoms with van der Waals surface area (Å²) in [6, 6.07) is 145. The first-order valence-electron chi connectivity index (χ1n) is 41.2. The van der Waals surface area contributed by atoms with Crippen molar-refractivity contribution in [3.05, 3.63) is 382 Å². The van der Waals surface area contributed by atoms with Gasteiger partial charge in [0.25, 0.3) is 26.9 Å². The molecular formula is C106H63B4N7O. The van der Waals surface area contributed by atoms with Crippen molar-refractivity contribution in [1.82, 2.24) is 0 Å². The van der Waals surface area contributed by atoms with Crippen LogP contribution in [0.4, 0.5) is 119 Å². The van der Waals surface area contributed by atoms with Gasteiger partial charge >= 0.3 is 0 Å². The maximum absolute atomic E-state index is 8.17. The van der Waals surface area contributed by atoms with E-state index < -0.39 is 0 Å². The summed E-state index contributed by atoms with van der Waals surface area (Å²) in [7, 11) is 0. The summed E-state index contributed by atoms with van der Waals surface area (Å²) < 4.78 is 8.17. The van der Waals surface area contributed by atoms with Crippen LogP contribution in [0.15, 0.2) is 382 Å². The number of ether oxygens (including phenoxy) is 1. The first-order valence-corrected chi connectivity index (χ1v) is 41.2. The second-order valence-corrected chi connectivity index (χ2v) is 32.9. The van der Waals surface area contributed by atoms with Crippen molar-refractivity contribution in [3.8, 4) is 11.5 Å². The Morgan fingerprint density at radius 2 is 0.407 bits per heavy atom. The van der Waals surface area contributed by atoms with Crippen LogP contribution in [0.5, 0.6) is 11.5 Å². The fraction of sp³-hybridized carbons (Fsp3) is 0. The summed E-state index contributed by atoms with van der Waals surface area (Å²) >= 11 is 0. The smallest absolute Gasteiger partial charge is 0.252 e. The van der Waals surface area contributed by atoms with Gasteiger partial charge in [-0.1, -0.05) is 255 Å². The second kappa shape index (κ2) is 23.3. The van der Waals surface area contributed by atoms with Crippen LogP contribution in [0.25, 0.3) is 43.1 Å². The van der Waals surface area contributed by atoms with Gasteiger partial charge in [0.05, 0.1) is 11.4 Å². The highest BCUT2D eigenvalue weighted by Gasteiger charge is 2.57. The molecule has 0 unspecified atom stereocenters. The Morgan fingerprint density at radius 3 is 0.737 bits per heavy atom. The average Bonchev–Trinajstić information content (AvgIpc) is 0.650. The molecule has 19 aromatic rings. The minimum atomic E-state index is -0.314. The molecular weight excluding hydrogens is 1430 g/mol. The third-order valence-corrected chi connectivity index (χ3v) is 27.1. The van der Waals surface area contributed by atoms with Crippen molar-refractivity contribution >= 4 is 255 Å². The summed E-state index contributed by atoms with van der Waals surface area (Å²) in [6.07, 6.45) is 0. The molecule has 0 atom stereocenters. The molecule has 0 aromatic heterocycles. The average molecular weight is 1490 g/mol. The monoisotopic (exact) mass is 1490 g/mol. The van der Waals surface area contributed by atoms with E-state index in [4.69, 9.17) is 4.74 Å². The summed E-state index contributed by atoms with van der Waals surface area (Å²) in [5.41, 5.74) is 38.9. The van der Waals surface area contributed by atoms with Gasteiger partial charge in [0.2, 0.25) is 0 Å².